The number of rotatable bonds is 0. The van der Waals surface area contributed by atoms with Gasteiger partial charge in [0.2, 0.25) is 0 Å². The quantitative estimate of drug-likeness (QED) is 0.421. The molecule has 1 heterocycles. The van der Waals surface area contributed by atoms with E-state index in [2.05, 4.69) is 26.0 Å². The van der Waals surface area contributed by atoms with E-state index in [1.165, 1.54) is 13.5 Å². The van der Waals surface area contributed by atoms with Gasteiger partial charge in [-0.05, 0) is 12.2 Å². The zero-order chi connectivity index (χ0) is 5.28. The average molecular weight is 112 g/mol. The van der Waals surface area contributed by atoms with E-state index in [4.69, 9.17) is 0 Å². The second-order valence-corrected chi connectivity index (χ2v) is 3.65. The smallest absolute Gasteiger partial charge is 0.0166 e. The van der Waals surface area contributed by atoms with Crippen molar-refractivity contribution in [3.8, 4) is 0 Å². The number of hydrogen-bond donors (Lipinski definition) is 0. The summed E-state index contributed by atoms with van der Waals surface area (Å²) in [6, 6.07) is 0. The van der Waals surface area contributed by atoms with Crippen LogP contribution >= 0.6 is 8.20 Å². The van der Waals surface area contributed by atoms with E-state index in [-0.39, 0.29) is 0 Å². The first-order valence-corrected chi connectivity index (χ1v) is 3.48. The molecule has 0 nitrogen and oxygen atoms in total. The van der Waals surface area contributed by atoms with Gasteiger partial charge in [0.1, 0.15) is 0 Å². The lowest BCUT2D eigenvalue weighted by Crippen LogP contribution is -1.74. The molecule has 0 N–H and O–H groups in total. The molecule has 0 radical (unpaired) electrons. The third kappa shape index (κ3) is 1.14. The maximum Gasteiger partial charge on any atom is 0.0166 e. The van der Waals surface area contributed by atoms with Crippen LogP contribution in [-0.4, -0.2) is 11.0 Å². The summed E-state index contributed by atoms with van der Waals surface area (Å²) in [6.45, 7) is 4.40. The molecule has 0 amide bonds. The molecule has 0 saturated heterocycles. The van der Waals surface area contributed by atoms with Gasteiger partial charge in [0.25, 0.3) is 0 Å². The van der Waals surface area contributed by atoms with E-state index >= 15 is 0 Å². The van der Waals surface area contributed by atoms with Crippen LogP contribution in [-0.2, 0) is 0 Å². The SMILES string of the molecule is CC1=PC(C)C=C1. The molecular weight excluding hydrogens is 103 g/mol. The van der Waals surface area contributed by atoms with Crippen molar-refractivity contribution in [2.24, 2.45) is 0 Å². The van der Waals surface area contributed by atoms with Crippen LogP contribution in [0.2, 0.25) is 0 Å². The van der Waals surface area contributed by atoms with Crippen molar-refractivity contribution in [3.63, 3.8) is 0 Å². The van der Waals surface area contributed by atoms with E-state index in [1.807, 2.05) is 0 Å². The summed E-state index contributed by atoms with van der Waals surface area (Å²) < 4.78 is 0. The van der Waals surface area contributed by atoms with Crippen LogP contribution < -0.4 is 0 Å². The van der Waals surface area contributed by atoms with Crippen LogP contribution in [0, 0.1) is 0 Å². The fourth-order valence-electron chi connectivity index (χ4n) is 0.686. The summed E-state index contributed by atoms with van der Waals surface area (Å²) >= 11 is 0. The average Bonchev–Trinajstić information content (AvgIpc) is 1.87. The molecule has 1 aliphatic heterocycles. The third-order valence-electron chi connectivity index (χ3n) is 1.02. The minimum atomic E-state index is 0.778. The van der Waals surface area contributed by atoms with Crippen molar-refractivity contribution in [1.29, 1.82) is 0 Å². The van der Waals surface area contributed by atoms with Crippen molar-refractivity contribution < 1.29 is 0 Å². The summed E-state index contributed by atoms with van der Waals surface area (Å²) in [7, 11) is 1.49. The zero-order valence-electron chi connectivity index (χ0n) is 4.68. The molecule has 0 saturated carbocycles. The lowest BCUT2D eigenvalue weighted by Gasteiger charge is -1.84. The molecule has 1 heteroatoms. The Kier molecular flexibility index (Phi) is 1.30. The molecule has 1 rings (SSSR count). The molecule has 0 bridgehead atoms. The molecule has 1 aliphatic rings. The van der Waals surface area contributed by atoms with Crippen molar-refractivity contribution in [3.05, 3.63) is 12.2 Å². The van der Waals surface area contributed by atoms with Gasteiger partial charge in [0.15, 0.2) is 0 Å². The second-order valence-electron chi connectivity index (χ2n) is 1.87. The highest BCUT2D eigenvalue weighted by Gasteiger charge is 1.97. The van der Waals surface area contributed by atoms with Gasteiger partial charge in [0.05, 0.1) is 0 Å². The Labute approximate surface area is 46.0 Å². The van der Waals surface area contributed by atoms with Gasteiger partial charge >= 0.3 is 0 Å². The summed E-state index contributed by atoms with van der Waals surface area (Å²) in [5.74, 6) is 0. The maximum absolute atomic E-state index is 2.25. The lowest BCUT2D eigenvalue weighted by molar-refractivity contribution is 1.26. The first kappa shape index (κ1) is 5.05. The van der Waals surface area contributed by atoms with E-state index < -0.39 is 0 Å². The van der Waals surface area contributed by atoms with E-state index in [9.17, 15) is 0 Å². The Balaban J connectivity index is 2.69. The molecular formula is C6H9P. The predicted octanol–water partition coefficient (Wildman–Crippen LogP) is 2.08. The first-order valence-electron chi connectivity index (χ1n) is 2.51. The minimum Gasteiger partial charge on any atom is -0.0940 e. The van der Waals surface area contributed by atoms with E-state index in [1.54, 1.807) is 0 Å². The van der Waals surface area contributed by atoms with Crippen LogP contribution in [0.4, 0.5) is 0 Å². The van der Waals surface area contributed by atoms with Crippen LogP contribution in [0.25, 0.3) is 0 Å². The van der Waals surface area contributed by atoms with E-state index in [0.717, 1.165) is 5.66 Å². The molecule has 0 spiro atoms. The van der Waals surface area contributed by atoms with Crippen LogP contribution in [0.5, 0.6) is 0 Å². The molecule has 0 aromatic carbocycles. The van der Waals surface area contributed by atoms with Gasteiger partial charge in [0, 0.05) is 5.66 Å². The van der Waals surface area contributed by atoms with Crippen molar-refractivity contribution in [1.82, 2.24) is 0 Å². The van der Waals surface area contributed by atoms with Crippen LogP contribution in [0.15, 0.2) is 12.2 Å². The molecule has 38 valence electrons. The molecule has 1 unspecified atom stereocenters. The van der Waals surface area contributed by atoms with Crippen LogP contribution in [0.3, 0.4) is 0 Å². The molecule has 1 atom stereocenters. The Hall–Kier alpha value is -0.0900. The maximum atomic E-state index is 2.25. The highest BCUT2D eigenvalue weighted by atomic mass is 31.1. The van der Waals surface area contributed by atoms with Gasteiger partial charge in [-0.2, -0.15) is 0 Å². The summed E-state index contributed by atoms with van der Waals surface area (Å²) in [5, 5.41) is 1.49. The zero-order valence-corrected chi connectivity index (χ0v) is 5.57. The summed E-state index contributed by atoms with van der Waals surface area (Å²) in [5.41, 5.74) is 0.778. The normalized spacial score (nSPS) is 30.6. The van der Waals surface area contributed by atoms with Crippen molar-refractivity contribution in [2.75, 3.05) is 0 Å². The molecule has 0 aromatic rings. The number of allylic oxidation sites excluding steroid dienone is 2. The molecule has 7 heavy (non-hydrogen) atoms. The van der Waals surface area contributed by atoms with E-state index in [0.29, 0.717) is 0 Å². The monoisotopic (exact) mass is 112 g/mol. The van der Waals surface area contributed by atoms with Crippen molar-refractivity contribution in [2.45, 2.75) is 19.5 Å². The largest absolute Gasteiger partial charge is 0.0940 e. The first-order chi connectivity index (χ1) is 3.29. The fraction of sp³-hybridized carbons (Fsp3) is 0.500. The molecule has 0 fully saturated rings. The standard InChI is InChI=1S/C6H9P/c1-5-3-4-6(2)7-5/h3-5H,1-2H3. The second kappa shape index (κ2) is 1.79. The minimum absolute atomic E-state index is 0.778. The molecule has 0 aromatic heterocycles. The lowest BCUT2D eigenvalue weighted by atomic mass is 10.4. The number of hydrogen-bond acceptors (Lipinski definition) is 0. The Morgan fingerprint density at radius 2 is 2.43 bits per heavy atom. The summed E-state index contributed by atoms with van der Waals surface area (Å²) in [4.78, 5) is 0. The topological polar surface area (TPSA) is 0 Å². The predicted molar refractivity (Wildman–Crippen MR) is 36.2 cm³/mol. The van der Waals surface area contributed by atoms with Crippen LogP contribution in [0.1, 0.15) is 13.8 Å². The fourth-order valence-corrected chi connectivity index (χ4v) is 1.67. The van der Waals surface area contributed by atoms with Gasteiger partial charge in [-0.3, -0.25) is 0 Å². The van der Waals surface area contributed by atoms with Crippen molar-refractivity contribution >= 4 is 13.5 Å². The molecule has 0 aliphatic carbocycles. The third-order valence-corrected chi connectivity index (χ3v) is 2.16. The Bertz CT molecular complexity index is 122. The Morgan fingerprint density at radius 1 is 1.71 bits per heavy atom. The highest BCUT2D eigenvalue weighted by molar-refractivity contribution is 7.42. The van der Waals surface area contributed by atoms with Gasteiger partial charge < -0.3 is 0 Å². The van der Waals surface area contributed by atoms with Gasteiger partial charge in [-0.25, -0.2) is 0 Å². The summed E-state index contributed by atoms with van der Waals surface area (Å²) in [6.07, 6.45) is 4.45. The van der Waals surface area contributed by atoms with Gasteiger partial charge in [-0.1, -0.05) is 27.3 Å². The van der Waals surface area contributed by atoms with Gasteiger partial charge in [-0.15, -0.1) is 0 Å². The highest BCUT2D eigenvalue weighted by Crippen LogP contribution is 2.17. The Morgan fingerprint density at radius 3 is 2.57 bits per heavy atom.